The Hall–Kier alpha value is -2.16. The van der Waals surface area contributed by atoms with E-state index in [0.717, 1.165) is 23.1 Å². The van der Waals surface area contributed by atoms with Gasteiger partial charge in [-0.15, -0.1) is 29.7 Å². The number of rotatable bonds is 3. The Labute approximate surface area is 246 Å². The summed E-state index contributed by atoms with van der Waals surface area (Å²) in [4.78, 5) is 4.88. The molecule has 0 saturated carbocycles. The van der Waals surface area contributed by atoms with Gasteiger partial charge in [0.15, 0.2) is 0 Å². The Kier molecular flexibility index (Phi) is 8.83. The fourth-order valence-corrected chi connectivity index (χ4v) is 4.95. The van der Waals surface area contributed by atoms with E-state index in [1.165, 1.54) is 44.1 Å². The molecule has 0 aliphatic heterocycles. The van der Waals surface area contributed by atoms with E-state index in [4.69, 9.17) is 4.98 Å². The number of imidazole rings is 1. The van der Waals surface area contributed by atoms with Crippen LogP contribution in [0.15, 0.2) is 91.1 Å². The number of hydrogen-bond acceptors (Lipinski definition) is 1. The van der Waals surface area contributed by atoms with Crippen molar-refractivity contribution in [3.05, 3.63) is 127 Å². The minimum Gasteiger partial charge on any atom is -0.358 e. The van der Waals surface area contributed by atoms with Crippen LogP contribution in [0.1, 0.15) is 22.3 Å². The molecule has 2 nitrogen and oxygen atoms in total. The number of hydrogen-bond donors (Lipinski definition) is 0. The SMILES string of the molecule is Cc1cccc(C)c1-c1cnc2c3[c-]cccc3c3cc(Cc4ccccc4)ccc3n12.[CH3-].[Ir].[Y]. The fraction of sp³-hybridized carbons (Fsp3) is 0.0968. The quantitative estimate of drug-likeness (QED) is 0.136. The summed E-state index contributed by atoms with van der Waals surface area (Å²) in [5.74, 6) is 0. The molecule has 0 aliphatic rings. The first kappa shape index (κ1) is 27.4. The van der Waals surface area contributed by atoms with E-state index in [2.05, 4.69) is 103 Å². The van der Waals surface area contributed by atoms with Gasteiger partial charge in [-0.1, -0.05) is 66.0 Å². The molecule has 4 aromatic carbocycles. The minimum atomic E-state index is 0. The van der Waals surface area contributed by atoms with Crippen LogP contribution in [-0.2, 0) is 59.2 Å². The first-order valence-corrected chi connectivity index (χ1v) is 11.0. The second-order valence-electron chi connectivity index (χ2n) is 8.54. The van der Waals surface area contributed by atoms with Crippen LogP contribution in [-0.4, -0.2) is 9.38 Å². The smallest absolute Gasteiger partial charge is 0.0639 e. The van der Waals surface area contributed by atoms with E-state index < -0.39 is 0 Å². The molecule has 4 heteroatoms. The average Bonchev–Trinajstić information content (AvgIpc) is 3.25. The Morgan fingerprint density at radius 1 is 0.800 bits per heavy atom. The van der Waals surface area contributed by atoms with Gasteiger partial charge in [-0.25, -0.2) is 0 Å². The zero-order chi connectivity index (χ0) is 21.7. The molecule has 174 valence electrons. The standard InChI is InChI=1S/C30H23N2.CH3.Ir.Y/c1-20-9-8-10-21(2)29(20)28-19-31-30-25-14-7-6-13-24(25)26-18-23(15-16-27(26)32(28)30)17-22-11-4-3-5-12-22;;;/h3-13,15-16,18-19H,17H2,1-2H3;1H3;;/q2*-1;;. The molecule has 0 fully saturated rings. The fourth-order valence-electron chi connectivity index (χ4n) is 4.95. The van der Waals surface area contributed by atoms with Gasteiger partial charge in [0.1, 0.15) is 0 Å². The summed E-state index contributed by atoms with van der Waals surface area (Å²) in [6, 6.07) is 33.7. The van der Waals surface area contributed by atoms with Gasteiger partial charge >= 0.3 is 0 Å². The summed E-state index contributed by atoms with van der Waals surface area (Å²) in [5, 5.41) is 3.50. The number of aromatic nitrogens is 2. The van der Waals surface area contributed by atoms with Crippen molar-refractivity contribution in [1.29, 1.82) is 0 Å². The van der Waals surface area contributed by atoms with Gasteiger partial charge in [0.2, 0.25) is 0 Å². The third-order valence-corrected chi connectivity index (χ3v) is 6.42. The molecule has 6 rings (SSSR count). The molecule has 2 heterocycles. The van der Waals surface area contributed by atoms with Gasteiger partial charge in [-0.3, -0.25) is 4.98 Å². The summed E-state index contributed by atoms with van der Waals surface area (Å²) in [6.07, 6.45) is 2.93. The molecule has 6 aromatic rings. The molecule has 0 atom stereocenters. The van der Waals surface area contributed by atoms with Crippen LogP contribution >= 0.6 is 0 Å². The minimum absolute atomic E-state index is 0. The molecule has 0 spiro atoms. The third-order valence-electron chi connectivity index (χ3n) is 6.42. The number of nitrogens with zero attached hydrogens (tertiary/aromatic N) is 2. The van der Waals surface area contributed by atoms with Crippen LogP contribution in [0.25, 0.3) is 38.6 Å². The van der Waals surface area contributed by atoms with Gasteiger partial charge in [-0.05, 0) is 54.0 Å². The van der Waals surface area contributed by atoms with Crippen molar-refractivity contribution in [2.45, 2.75) is 20.3 Å². The van der Waals surface area contributed by atoms with E-state index in [0.29, 0.717) is 0 Å². The van der Waals surface area contributed by atoms with Gasteiger partial charge in [0.25, 0.3) is 0 Å². The molecule has 0 N–H and O–H groups in total. The van der Waals surface area contributed by atoms with E-state index in [9.17, 15) is 0 Å². The molecule has 0 unspecified atom stereocenters. The molecule has 0 bridgehead atoms. The predicted molar refractivity (Wildman–Crippen MR) is 140 cm³/mol. The van der Waals surface area contributed by atoms with Crippen LogP contribution in [0.4, 0.5) is 0 Å². The van der Waals surface area contributed by atoms with Crippen LogP contribution in [0, 0.1) is 27.3 Å². The van der Waals surface area contributed by atoms with Crippen molar-refractivity contribution < 1.29 is 52.8 Å². The monoisotopic (exact) mass is 708 g/mol. The number of aryl methyl sites for hydroxylation is 2. The van der Waals surface area contributed by atoms with Gasteiger partial charge < -0.3 is 11.8 Å². The van der Waals surface area contributed by atoms with Gasteiger partial charge in [0, 0.05) is 70.1 Å². The normalized spacial score (nSPS) is 10.6. The van der Waals surface area contributed by atoms with Crippen molar-refractivity contribution in [1.82, 2.24) is 9.38 Å². The van der Waals surface area contributed by atoms with E-state index in [1.807, 2.05) is 12.3 Å². The van der Waals surface area contributed by atoms with Crippen molar-refractivity contribution >= 4 is 27.3 Å². The van der Waals surface area contributed by atoms with E-state index in [-0.39, 0.29) is 60.2 Å². The summed E-state index contributed by atoms with van der Waals surface area (Å²) in [7, 11) is 0. The third kappa shape index (κ3) is 4.80. The number of fused-ring (bicyclic) bond motifs is 6. The van der Waals surface area contributed by atoms with Crippen molar-refractivity contribution in [2.75, 3.05) is 0 Å². The molecule has 0 aliphatic carbocycles. The first-order valence-electron chi connectivity index (χ1n) is 11.0. The summed E-state index contributed by atoms with van der Waals surface area (Å²) < 4.78 is 2.32. The van der Waals surface area contributed by atoms with Crippen LogP contribution in [0.3, 0.4) is 0 Å². The first-order chi connectivity index (χ1) is 15.7. The Bertz CT molecular complexity index is 1600. The average molecular weight is 708 g/mol. The topological polar surface area (TPSA) is 17.3 Å². The maximum Gasteiger partial charge on any atom is 0.0639 e. The second-order valence-corrected chi connectivity index (χ2v) is 8.54. The number of benzene rings is 4. The molecular weight excluding hydrogens is 681 g/mol. The van der Waals surface area contributed by atoms with Crippen LogP contribution in [0.2, 0.25) is 0 Å². The van der Waals surface area contributed by atoms with E-state index >= 15 is 0 Å². The molecule has 2 radical (unpaired) electrons. The molecule has 35 heavy (non-hydrogen) atoms. The van der Waals surface area contributed by atoms with Crippen molar-refractivity contribution in [3.63, 3.8) is 0 Å². The van der Waals surface area contributed by atoms with Crippen molar-refractivity contribution in [2.24, 2.45) is 0 Å². The Balaban J connectivity index is 0.00000114. The van der Waals surface area contributed by atoms with Crippen LogP contribution < -0.4 is 0 Å². The van der Waals surface area contributed by atoms with Crippen molar-refractivity contribution in [3.8, 4) is 11.3 Å². The van der Waals surface area contributed by atoms with Crippen LogP contribution in [0.5, 0.6) is 0 Å². The summed E-state index contributed by atoms with van der Waals surface area (Å²) in [5.41, 5.74) is 9.68. The zero-order valence-corrected chi connectivity index (χ0v) is 25.4. The molecule has 0 amide bonds. The molecular formula is C31H26IrN2Y-2. The molecule has 0 saturated heterocycles. The Morgan fingerprint density at radius 2 is 1.54 bits per heavy atom. The maximum absolute atomic E-state index is 4.88. The Morgan fingerprint density at radius 3 is 2.29 bits per heavy atom. The second kappa shape index (κ2) is 11.3. The summed E-state index contributed by atoms with van der Waals surface area (Å²) >= 11 is 0. The van der Waals surface area contributed by atoms with Gasteiger partial charge in [-0.2, -0.15) is 0 Å². The number of pyridine rings is 1. The maximum atomic E-state index is 4.88. The predicted octanol–water partition coefficient (Wildman–Crippen LogP) is 7.76. The van der Waals surface area contributed by atoms with Gasteiger partial charge in [0.05, 0.1) is 11.3 Å². The molecule has 2 aromatic heterocycles. The largest absolute Gasteiger partial charge is 0.358 e. The zero-order valence-electron chi connectivity index (χ0n) is 20.2. The summed E-state index contributed by atoms with van der Waals surface area (Å²) in [6.45, 7) is 4.35. The van der Waals surface area contributed by atoms with E-state index in [1.54, 1.807) is 0 Å².